The Hall–Kier alpha value is -0.860. The molecule has 1 aliphatic rings. The summed E-state index contributed by atoms with van der Waals surface area (Å²) in [6, 6.07) is 8.57. The van der Waals surface area contributed by atoms with Crippen LogP contribution in [0, 0.1) is 12.8 Å². The maximum Gasteiger partial charge on any atom is 0.191 e. The average Bonchev–Trinajstić information content (AvgIpc) is 2.57. The van der Waals surface area contributed by atoms with Crippen LogP contribution in [0.1, 0.15) is 18.1 Å². The van der Waals surface area contributed by atoms with Gasteiger partial charge in [-0.3, -0.25) is 9.89 Å². The minimum absolute atomic E-state index is 0. The van der Waals surface area contributed by atoms with Crippen molar-refractivity contribution in [1.29, 1.82) is 0 Å². The van der Waals surface area contributed by atoms with E-state index in [1.54, 1.807) is 0 Å². The molecule has 24 heavy (non-hydrogen) atoms. The molecule has 2 rings (SSSR count). The Bertz CT molecular complexity index is 486. The van der Waals surface area contributed by atoms with Gasteiger partial charge in [0.25, 0.3) is 0 Å². The zero-order valence-electron chi connectivity index (χ0n) is 15.0. The molecule has 0 amide bonds. The summed E-state index contributed by atoms with van der Waals surface area (Å²) in [6.07, 6.45) is 0. The number of aliphatic imine (C=N–C) groups is 1. The lowest BCUT2D eigenvalue weighted by molar-refractivity contribution is 0.0320. The minimum atomic E-state index is 0. The van der Waals surface area contributed by atoms with Gasteiger partial charge >= 0.3 is 0 Å². The molecule has 1 aliphatic heterocycles. The number of hydrogen-bond acceptors (Lipinski definition) is 3. The van der Waals surface area contributed by atoms with Crippen LogP contribution in [0.4, 0.5) is 0 Å². The molecule has 0 bridgehead atoms. The number of nitrogens with one attached hydrogen (secondary N) is 2. The molecule has 0 spiro atoms. The zero-order chi connectivity index (χ0) is 16.5. The standard InChI is InChI=1S/C18H30N4O.HI/c1-15-4-6-17(7-5-15)13-21-18(19-3)20-12-16(2)14-22-8-10-23-11-9-22;/h4-7,16H,8-14H2,1-3H3,(H2,19,20,21);1H. The van der Waals surface area contributed by atoms with E-state index in [9.17, 15) is 0 Å². The van der Waals surface area contributed by atoms with Crippen LogP contribution in [0.3, 0.4) is 0 Å². The number of morpholine rings is 1. The van der Waals surface area contributed by atoms with E-state index in [2.05, 4.69) is 58.6 Å². The van der Waals surface area contributed by atoms with Crippen molar-refractivity contribution in [2.45, 2.75) is 20.4 Å². The van der Waals surface area contributed by atoms with E-state index in [0.29, 0.717) is 5.92 Å². The van der Waals surface area contributed by atoms with Crippen LogP contribution in [0.15, 0.2) is 29.3 Å². The van der Waals surface area contributed by atoms with Crippen molar-refractivity contribution < 1.29 is 4.74 Å². The molecule has 1 aromatic carbocycles. The summed E-state index contributed by atoms with van der Waals surface area (Å²) in [5, 5.41) is 6.79. The van der Waals surface area contributed by atoms with E-state index in [0.717, 1.165) is 51.9 Å². The molecule has 2 N–H and O–H groups in total. The molecule has 1 fully saturated rings. The fraction of sp³-hybridized carbons (Fsp3) is 0.611. The summed E-state index contributed by atoms with van der Waals surface area (Å²) in [4.78, 5) is 6.77. The topological polar surface area (TPSA) is 48.9 Å². The van der Waals surface area contributed by atoms with Gasteiger partial charge < -0.3 is 15.4 Å². The molecule has 0 saturated carbocycles. The largest absolute Gasteiger partial charge is 0.379 e. The van der Waals surface area contributed by atoms with Crippen molar-refractivity contribution in [3.05, 3.63) is 35.4 Å². The highest BCUT2D eigenvalue weighted by Gasteiger charge is 2.13. The van der Waals surface area contributed by atoms with Gasteiger partial charge in [0.2, 0.25) is 0 Å². The molecule has 1 saturated heterocycles. The van der Waals surface area contributed by atoms with Gasteiger partial charge in [-0.1, -0.05) is 36.8 Å². The first kappa shape index (κ1) is 21.2. The highest BCUT2D eigenvalue weighted by molar-refractivity contribution is 14.0. The molecule has 5 nitrogen and oxygen atoms in total. The van der Waals surface area contributed by atoms with Gasteiger partial charge in [0, 0.05) is 39.8 Å². The highest BCUT2D eigenvalue weighted by atomic mass is 127. The highest BCUT2D eigenvalue weighted by Crippen LogP contribution is 2.03. The van der Waals surface area contributed by atoms with Crippen LogP contribution < -0.4 is 10.6 Å². The van der Waals surface area contributed by atoms with Gasteiger partial charge in [-0.2, -0.15) is 0 Å². The smallest absolute Gasteiger partial charge is 0.191 e. The molecule has 1 heterocycles. The van der Waals surface area contributed by atoms with Gasteiger partial charge in [0.15, 0.2) is 5.96 Å². The number of halogens is 1. The second kappa shape index (κ2) is 11.7. The first-order valence-electron chi connectivity index (χ1n) is 8.47. The van der Waals surface area contributed by atoms with Crippen molar-refractivity contribution in [2.75, 3.05) is 46.4 Å². The van der Waals surface area contributed by atoms with E-state index < -0.39 is 0 Å². The first-order chi connectivity index (χ1) is 11.2. The molecule has 1 unspecified atom stereocenters. The Morgan fingerprint density at radius 3 is 2.50 bits per heavy atom. The lowest BCUT2D eigenvalue weighted by Gasteiger charge is -2.29. The maximum atomic E-state index is 5.39. The zero-order valence-corrected chi connectivity index (χ0v) is 17.4. The van der Waals surface area contributed by atoms with E-state index in [-0.39, 0.29) is 24.0 Å². The van der Waals surface area contributed by atoms with Gasteiger partial charge in [-0.15, -0.1) is 24.0 Å². The van der Waals surface area contributed by atoms with Gasteiger partial charge in [0.05, 0.1) is 13.2 Å². The molecular formula is C18H31IN4O. The Morgan fingerprint density at radius 1 is 1.21 bits per heavy atom. The number of guanidine groups is 1. The molecule has 0 radical (unpaired) electrons. The van der Waals surface area contributed by atoms with Crippen LogP contribution >= 0.6 is 24.0 Å². The molecule has 136 valence electrons. The van der Waals surface area contributed by atoms with Gasteiger partial charge in [0.1, 0.15) is 0 Å². The fourth-order valence-corrected chi connectivity index (χ4v) is 2.67. The SMILES string of the molecule is CN=C(NCc1ccc(C)cc1)NCC(C)CN1CCOCC1.I. The lowest BCUT2D eigenvalue weighted by Crippen LogP contribution is -2.43. The molecular weight excluding hydrogens is 415 g/mol. The number of nitrogens with zero attached hydrogens (tertiary/aromatic N) is 2. The van der Waals surface area contributed by atoms with Crippen LogP contribution in [0.5, 0.6) is 0 Å². The summed E-state index contributed by atoms with van der Waals surface area (Å²) in [5.41, 5.74) is 2.55. The van der Waals surface area contributed by atoms with Crippen LogP contribution in [-0.4, -0.2) is 57.3 Å². The molecule has 0 aliphatic carbocycles. The van der Waals surface area contributed by atoms with Crippen molar-refractivity contribution >= 4 is 29.9 Å². The summed E-state index contributed by atoms with van der Waals surface area (Å²) in [5.74, 6) is 1.44. The number of hydrogen-bond donors (Lipinski definition) is 2. The number of aryl methyl sites for hydroxylation is 1. The van der Waals surface area contributed by atoms with Gasteiger partial charge in [-0.25, -0.2) is 0 Å². The third-order valence-electron chi connectivity index (χ3n) is 4.10. The minimum Gasteiger partial charge on any atom is -0.379 e. The van der Waals surface area contributed by atoms with E-state index in [1.165, 1.54) is 11.1 Å². The Labute approximate surface area is 163 Å². The van der Waals surface area contributed by atoms with Crippen LogP contribution in [0.2, 0.25) is 0 Å². The van der Waals surface area contributed by atoms with Gasteiger partial charge in [-0.05, 0) is 18.4 Å². The van der Waals surface area contributed by atoms with Crippen molar-refractivity contribution in [1.82, 2.24) is 15.5 Å². The van der Waals surface area contributed by atoms with E-state index in [4.69, 9.17) is 4.74 Å². The molecule has 0 aromatic heterocycles. The molecule has 1 aromatic rings. The first-order valence-corrected chi connectivity index (χ1v) is 8.47. The summed E-state index contributed by atoms with van der Waals surface area (Å²) in [6.45, 7) is 11.0. The molecule has 1 atom stereocenters. The van der Waals surface area contributed by atoms with E-state index in [1.807, 2.05) is 7.05 Å². The fourth-order valence-electron chi connectivity index (χ4n) is 2.67. The average molecular weight is 446 g/mol. The van der Waals surface area contributed by atoms with Crippen LogP contribution in [-0.2, 0) is 11.3 Å². The number of ether oxygens (including phenoxy) is 1. The Balaban J connectivity index is 0.00000288. The van der Waals surface area contributed by atoms with Crippen molar-refractivity contribution in [3.8, 4) is 0 Å². The summed E-state index contributed by atoms with van der Waals surface area (Å²) in [7, 11) is 1.82. The molecule has 6 heteroatoms. The third kappa shape index (κ3) is 7.81. The predicted molar refractivity (Wildman–Crippen MR) is 111 cm³/mol. The normalized spacial score (nSPS) is 17.0. The third-order valence-corrected chi connectivity index (χ3v) is 4.10. The summed E-state index contributed by atoms with van der Waals surface area (Å²) < 4.78 is 5.39. The summed E-state index contributed by atoms with van der Waals surface area (Å²) >= 11 is 0. The maximum absolute atomic E-state index is 5.39. The van der Waals surface area contributed by atoms with E-state index >= 15 is 0 Å². The Morgan fingerprint density at radius 2 is 1.88 bits per heavy atom. The number of rotatable bonds is 6. The van der Waals surface area contributed by atoms with Crippen molar-refractivity contribution in [2.24, 2.45) is 10.9 Å². The number of benzene rings is 1. The predicted octanol–water partition coefficient (Wildman–Crippen LogP) is 2.25. The quantitative estimate of drug-likeness (QED) is 0.400. The lowest BCUT2D eigenvalue weighted by atomic mass is 10.1. The monoisotopic (exact) mass is 446 g/mol. The second-order valence-electron chi connectivity index (χ2n) is 6.31. The second-order valence-corrected chi connectivity index (χ2v) is 6.31. The van der Waals surface area contributed by atoms with Crippen LogP contribution in [0.25, 0.3) is 0 Å². The van der Waals surface area contributed by atoms with Crippen molar-refractivity contribution in [3.63, 3.8) is 0 Å². The Kier molecular flexibility index (Phi) is 10.3.